The van der Waals surface area contributed by atoms with E-state index < -0.39 is 36.8 Å². The molecular weight excluding hydrogens is 376 g/mol. The van der Waals surface area contributed by atoms with Gasteiger partial charge >= 0.3 is 0 Å². The first-order valence-corrected chi connectivity index (χ1v) is 9.54. The van der Waals surface area contributed by atoms with Crippen LogP contribution in [0.4, 0.5) is 0 Å². The lowest BCUT2D eigenvalue weighted by Gasteiger charge is -2.47. The summed E-state index contributed by atoms with van der Waals surface area (Å²) < 4.78 is 22.6. The lowest BCUT2D eigenvalue weighted by atomic mass is 9.93. The van der Waals surface area contributed by atoms with Crippen molar-refractivity contribution in [2.24, 2.45) is 0 Å². The summed E-state index contributed by atoms with van der Waals surface area (Å²) in [5.41, 5.74) is 1.76. The maximum atomic E-state index is 10.9. The highest BCUT2D eigenvalue weighted by atomic mass is 16.7. The molecule has 0 bridgehead atoms. The third-order valence-corrected chi connectivity index (χ3v) is 5.10. The number of aliphatic hydroxyl groups excluding tert-OH is 3. The van der Waals surface area contributed by atoms with Gasteiger partial charge in [-0.1, -0.05) is 42.5 Å². The fourth-order valence-electron chi connectivity index (χ4n) is 3.31. The van der Waals surface area contributed by atoms with Crippen molar-refractivity contribution in [3.05, 3.63) is 65.7 Å². The molecule has 1 heterocycles. The first kappa shape index (κ1) is 21.7. The van der Waals surface area contributed by atoms with Gasteiger partial charge in [0.25, 0.3) is 0 Å². The number of benzene rings is 2. The first-order chi connectivity index (χ1) is 14.0. The van der Waals surface area contributed by atoms with Crippen LogP contribution in [-0.2, 0) is 27.4 Å². The van der Waals surface area contributed by atoms with Crippen LogP contribution >= 0.6 is 0 Å². The molecule has 0 aliphatic carbocycles. The normalized spacial score (nSPS) is 29.6. The molecule has 0 radical (unpaired) electrons. The molecule has 1 saturated heterocycles. The van der Waals surface area contributed by atoms with E-state index in [0.29, 0.717) is 0 Å². The summed E-state index contributed by atoms with van der Waals surface area (Å²) in [6.45, 7) is 1.52. The van der Waals surface area contributed by atoms with Crippen molar-refractivity contribution in [1.29, 1.82) is 0 Å². The van der Waals surface area contributed by atoms with Gasteiger partial charge in [-0.3, -0.25) is 0 Å². The van der Waals surface area contributed by atoms with Crippen molar-refractivity contribution in [2.45, 2.75) is 50.3 Å². The smallest absolute Gasteiger partial charge is 0.195 e. The van der Waals surface area contributed by atoms with Crippen LogP contribution in [0.5, 0.6) is 5.75 Å². The minimum atomic E-state index is -1.45. The van der Waals surface area contributed by atoms with Gasteiger partial charge in [0, 0.05) is 0 Å². The van der Waals surface area contributed by atoms with Gasteiger partial charge in [-0.15, -0.1) is 0 Å². The van der Waals surface area contributed by atoms with Crippen LogP contribution in [0.1, 0.15) is 18.1 Å². The Morgan fingerprint density at radius 1 is 0.966 bits per heavy atom. The van der Waals surface area contributed by atoms with E-state index in [1.54, 1.807) is 26.2 Å². The Bertz CT molecular complexity index is 752. The highest BCUT2D eigenvalue weighted by Gasteiger charge is 2.52. The second kappa shape index (κ2) is 9.67. The molecule has 0 aromatic heterocycles. The largest absolute Gasteiger partial charge is 0.497 e. The van der Waals surface area contributed by atoms with Gasteiger partial charge in [0.05, 0.1) is 26.9 Å². The highest BCUT2D eigenvalue weighted by molar-refractivity contribution is 5.26. The molecular formula is C22H28O7. The van der Waals surface area contributed by atoms with Crippen molar-refractivity contribution < 1.29 is 34.3 Å². The Hall–Kier alpha value is -2.00. The van der Waals surface area contributed by atoms with Gasteiger partial charge in [0.15, 0.2) is 5.79 Å². The molecule has 3 rings (SSSR count). The van der Waals surface area contributed by atoms with Crippen LogP contribution in [0.2, 0.25) is 0 Å². The molecule has 158 valence electrons. The third kappa shape index (κ3) is 5.14. The Balaban J connectivity index is 1.70. The van der Waals surface area contributed by atoms with Crippen LogP contribution in [0.25, 0.3) is 0 Å². The van der Waals surface area contributed by atoms with Crippen LogP contribution in [0.3, 0.4) is 0 Å². The van der Waals surface area contributed by atoms with Crippen molar-refractivity contribution in [3.63, 3.8) is 0 Å². The van der Waals surface area contributed by atoms with Gasteiger partial charge in [0.2, 0.25) is 0 Å². The predicted molar refractivity (Wildman–Crippen MR) is 105 cm³/mol. The van der Waals surface area contributed by atoms with Gasteiger partial charge in [-0.05, 0) is 30.2 Å². The van der Waals surface area contributed by atoms with Crippen molar-refractivity contribution in [2.75, 3.05) is 13.7 Å². The summed E-state index contributed by atoms with van der Waals surface area (Å²) in [5, 5.41) is 31.0. The van der Waals surface area contributed by atoms with Gasteiger partial charge in [-0.2, -0.15) is 0 Å². The van der Waals surface area contributed by atoms with Crippen LogP contribution in [-0.4, -0.2) is 59.2 Å². The zero-order chi connectivity index (χ0) is 20.9. The topological polar surface area (TPSA) is 97.6 Å². The summed E-state index contributed by atoms with van der Waals surface area (Å²) in [5.74, 6) is -0.727. The molecule has 3 N–H and O–H groups in total. The van der Waals surface area contributed by atoms with Crippen LogP contribution in [0, 0.1) is 0 Å². The number of hydrogen-bond donors (Lipinski definition) is 3. The van der Waals surface area contributed by atoms with E-state index in [0.717, 1.165) is 16.9 Å². The Labute approximate surface area is 170 Å². The van der Waals surface area contributed by atoms with E-state index in [1.807, 2.05) is 42.5 Å². The molecule has 0 amide bonds. The molecule has 0 saturated carbocycles. The molecule has 1 aliphatic heterocycles. The second-order valence-corrected chi connectivity index (χ2v) is 7.19. The van der Waals surface area contributed by atoms with E-state index in [4.69, 9.17) is 18.9 Å². The molecule has 0 unspecified atom stereocenters. The SMILES string of the molecule is COc1ccc(CO[C@H]2[C@H](O)[C@@H](CO)O[C@](C)(OCc3ccccc3)[C@@H]2O)cc1. The minimum Gasteiger partial charge on any atom is -0.497 e. The van der Waals surface area contributed by atoms with Crippen molar-refractivity contribution in [3.8, 4) is 5.75 Å². The molecule has 29 heavy (non-hydrogen) atoms. The molecule has 5 atom stereocenters. The highest BCUT2D eigenvalue weighted by Crippen LogP contribution is 2.33. The minimum absolute atomic E-state index is 0.162. The number of ether oxygens (including phenoxy) is 4. The number of methoxy groups -OCH3 is 1. The lowest BCUT2D eigenvalue weighted by molar-refractivity contribution is -0.365. The second-order valence-electron chi connectivity index (χ2n) is 7.19. The van der Waals surface area contributed by atoms with Crippen molar-refractivity contribution >= 4 is 0 Å². The van der Waals surface area contributed by atoms with E-state index in [1.165, 1.54) is 0 Å². The fraction of sp³-hybridized carbons (Fsp3) is 0.455. The molecule has 0 spiro atoms. The molecule has 1 aliphatic rings. The van der Waals surface area contributed by atoms with Gasteiger partial charge in [-0.25, -0.2) is 0 Å². The third-order valence-electron chi connectivity index (χ3n) is 5.10. The van der Waals surface area contributed by atoms with E-state index in [2.05, 4.69) is 0 Å². The predicted octanol–water partition coefficient (Wildman–Crippen LogP) is 1.63. The molecule has 2 aromatic rings. The lowest BCUT2D eigenvalue weighted by Crippen LogP contribution is -2.65. The zero-order valence-electron chi connectivity index (χ0n) is 16.6. The molecule has 1 fully saturated rings. The average molecular weight is 404 g/mol. The Kier molecular flexibility index (Phi) is 7.23. The fourth-order valence-corrected chi connectivity index (χ4v) is 3.31. The first-order valence-electron chi connectivity index (χ1n) is 9.54. The maximum Gasteiger partial charge on any atom is 0.195 e. The van der Waals surface area contributed by atoms with Crippen LogP contribution < -0.4 is 4.74 Å². The zero-order valence-corrected chi connectivity index (χ0v) is 16.6. The van der Waals surface area contributed by atoms with E-state index in [9.17, 15) is 15.3 Å². The maximum absolute atomic E-state index is 10.9. The summed E-state index contributed by atoms with van der Waals surface area (Å²) in [4.78, 5) is 0. The van der Waals surface area contributed by atoms with E-state index in [-0.39, 0.29) is 13.2 Å². The molecule has 7 nitrogen and oxygen atoms in total. The average Bonchev–Trinajstić information content (AvgIpc) is 2.76. The Morgan fingerprint density at radius 3 is 2.24 bits per heavy atom. The van der Waals surface area contributed by atoms with Gasteiger partial charge < -0.3 is 34.3 Å². The molecule has 7 heteroatoms. The number of rotatable bonds is 8. The molecule has 2 aromatic carbocycles. The summed E-state index contributed by atoms with van der Waals surface area (Å²) in [6, 6.07) is 16.8. The number of hydrogen-bond acceptors (Lipinski definition) is 7. The number of aliphatic hydroxyl groups is 3. The quantitative estimate of drug-likeness (QED) is 0.615. The van der Waals surface area contributed by atoms with Crippen molar-refractivity contribution in [1.82, 2.24) is 0 Å². The monoisotopic (exact) mass is 404 g/mol. The standard InChI is InChI=1S/C22H28O7/c1-22(28-14-15-6-4-3-5-7-15)21(25)20(19(24)18(12-23)29-22)27-13-16-8-10-17(26-2)11-9-16/h3-11,18-21,23-25H,12-14H2,1-2H3/t18-,19-,20+,21-,22+/m1/s1. The Morgan fingerprint density at radius 2 is 1.62 bits per heavy atom. The summed E-state index contributed by atoms with van der Waals surface area (Å²) >= 11 is 0. The van der Waals surface area contributed by atoms with Gasteiger partial charge in [0.1, 0.15) is 30.2 Å². The summed E-state index contributed by atoms with van der Waals surface area (Å²) in [7, 11) is 1.59. The van der Waals surface area contributed by atoms with Crippen LogP contribution in [0.15, 0.2) is 54.6 Å². The van der Waals surface area contributed by atoms with E-state index >= 15 is 0 Å². The summed E-state index contributed by atoms with van der Waals surface area (Å²) in [6.07, 6.45) is -4.41.